The molecule has 1 saturated heterocycles. The number of fused-ring (bicyclic) bond motifs is 10. The molecule has 0 aromatic heterocycles. The van der Waals surface area contributed by atoms with Gasteiger partial charge in [-0.1, -0.05) is 13.8 Å². The van der Waals surface area contributed by atoms with Gasteiger partial charge in [-0.15, -0.1) is 0 Å². The van der Waals surface area contributed by atoms with Gasteiger partial charge in [0.25, 0.3) is 0 Å². The lowest BCUT2D eigenvalue weighted by atomic mass is 9.65. The fourth-order valence-electron chi connectivity index (χ4n) is 10.7. The van der Waals surface area contributed by atoms with Gasteiger partial charge < -0.3 is 18.9 Å². The molecule has 7 fully saturated rings. The molecule has 12 unspecified atom stereocenters. The van der Waals surface area contributed by atoms with E-state index in [1.54, 1.807) is 13.8 Å². The zero-order chi connectivity index (χ0) is 27.4. The van der Waals surface area contributed by atoms with Crippen LogP contribution in [-0.2, 0) is 38.1 Å². The second-order valence-corrected chi connectivity index (χ2v) is 14.4. The maximum atomic E-state index is 14.0. The average Bonchev–Trinajstić information content (AvgIpc) is 3.74. The Morgan fingerprint density at radius 1 is 1.00 bits per heavy atom. The second kappa shape index (κ2) is 8.69. The number of ether oxygens (including phenoxy) is 4. The van der Waals surface area contributed by atoms with E-state index in [1.807, 2.05) is 6.92 Å². The third-order valence-corrected chi connectivity index (χ3v) is 12.6. The van der Waals surface area contributed by atoms with Crippen molar-refractivity contribution in [2.45, 2.75) is 96.9 Å². The van der Waals surface area contributed by atoms with Gasteiger partial charge in [0.2, 0.25) is 0 Å². The predicted molar refractivity (Wildman–Crippen MR) is 137 cm³/mol. The molecule has 8 heteroatoms. The molecule has 6 aliphatic carbocycles. The number of rotatable bonds is 8. The molecule has 214 valence electrons. The minimum absolute atomic E-state index is 0.146. The molecule has 6 saturated carbocycles. The fraction of sp³-hybridized carbons (Fsp3) is 0.871. The smallest absolute Gasteiger partial charge is 0.344 e. The lowest BCUT2D eigenvalue weighted by Crippen LogP contribution is -2.50. The summed E-state index contributed by atoms with van der Waals surface area (Å²) in [6, 6.07) is 0. The summed E-state index contributed by atoms with van der Waals surface area (Å²) in [5.41, 5.74) is -1.13. The van der Waals surface area contributed by atoms with E-state index in [9.17, 15) is 19.2 Å². The zero-order valence-electron chi connectivity index (χ0n) is 23.6. The Kier molecular flexibility index (Phi) is 5.75. The first-order chi connectivity index (χ1) is 18.6. The highest BCUT2D eigenvalue weighted by Crippen LogP contribution is 2.71. The predicted octanol–water partition coefficient (Wildman–Crippen LogP) is 4.08. The summed E-state index contributed by atoms with van der Waals surface area (Å²) >= 11 is 0. The molecule has 0 N–H and O–H groups in total. The largest absolute Gasteiger partial charge is 0.459 e. The first-order valence-electron chi connectivity index (χ1n) is 15.4. The summed E-state index contributed by atoms with van der Waals surface area (Å²) in [4.78, 5) is 51.9. The molecule has 1 heterocycles. The fourth-order valence-corrected chi connectivity index (χ4v) is 10.7. The molecule has 0 amide bonds. The van der Waals surface area contributed by atoms with E-state index < -0.39 is 53.6 Å². The van der Waals surface area contributed by atoms with Crippen LogP contribution in [0.1, 0.15) is 79.1 Å². The van der Waals surface area contributed by atoms with E-state index in [0.717, 1.165) is 30.6 Å². The molecule has 7 aliphatic rings. The maximum Gasteiger partial charge on any atom is 0.344 e. The second-order valence-electron chi connectivity index (χ2n) is 14.4. The van der Waals surface area contributed by atoms with Crippen LogP contribution in [0.4, 0.5) is 0 Å². The molecule has 13 atom stereocenters. The van der Waals surface area contributed by atoms with Crippen molar-refractivity contribution in [3.63, 3.8) is 0 Å². The molecular weight excluding hydrogens is 500 g/mol. The van der Waals surface area contributed by atoms with Crippen LogP contribution in [-0.4, -0.2) is 48.3 Å². The summed E-state index contributed by atoms with van der Waals surface area (Å²) in [7, 11) is 0. The molecule has 1 aliphatic heterocycles. The van der Waals surface area contributed by atoms with E-state index in [1.165, 1.54) is 25.7 Å². The highest BCUT2D eigenvalue weighted by Gasteiger charge is 2.72. The molecule has 8 nitrogen and oxygen atoms in total. The van der Waals surface area contributed by atoms with Crippen molar-refractivity contribution in [2.24, 2.45) is 64.6 Å². The molecule has 39 heavy (non-hydrogen) atoms. The minimum Gasteiger partial charge on any atom is -0.459 e. The Bertz CT molecular complexity index is 1100. The van der Waals surface area contributed by atoms with E-state index in [-0.39, 0.29) is 23.8 Å². The molecule has 0 aromatic rings. The van der Waals surface area contributed by atoms with Crippen LogP contribution in [0.15, 0.2) is 0 Å². The molecule has 0 aromatic carbocycles. The van der Waals surface area contributed by atoms with Gasteiger partial charge in [-0.3, -0.25) is 14.4 Å². The van der Waals surface area contributed by atoms with Gasteiger partial charge in [0.15, 0.2) is 6.61 Å². The van der Waals surface area contributed by atoms with Crippen LogP contribution in [0.5, 0.6) is 0 Å². The number of carbonyl (C=O) groups is 4. The normalized spacial score (nSPS) is 47.8. The van der Waals surface area contributed by atoms with Gasteiger partial charge in [-0.05, 0) is 94.8 Å². The van der Waals surface area contributed by atoms with E-state index >= 15 is 0 Å². The van der Waals surface area contributed by atoms with Gasteiger partial charge in [0.1, 0.15) is 17.8 Å². The first-order valence-corrected chi connectivity index (χ1v) is 15.4. The summed E-state index contributed by atoms with van der Waals surface area (Å²) in [5, 5.41) is 0. The Labute approximate surface area is 230 Å². The highest BCUT2D eigenvalue weighted by atomic mass is 16.6. The van der Waals surface area contributed by atoms with Gasteiger partial charge in [0, 0.05) is 17.8 Å². The van der Waals surface area contributed by atoms with Crippen LogP contribution in [0.2, 0.25) is 0 Å². The summed E-state index contributed by atoms with van der Waals surface area (Å²) in [5.74, 6) is 0.771. The topological polar surface area (TPSA) is 105 Å². The Hall–Kier alpha value is -2.12. The monoisotopic (exact) mass is 542 g/mol. The van der Waals surface area contributed by atoms with Crippen molar-refractivity contribution in [3.8, 4) is 0 Å². The van der Waals surface area contributed by atoms with Crippen LogP contribution in [0.25, 0.3) is 0 Å². The van der Waals surface area contributed by atoms with Crippen molar-refractivity contribution in [3.05, 3.63) is 0 Å². The van der Waals surface area contributed by atoms with Crippen molar-refractivity contribution in [2.75, 3.05) is 6.61 Å². The van der Waals surface area contributed by atoms with Crippen LogP contribution >= 0.6 is 0 Å². The van der Waals surface area contributed by atoms with Crippen LogP contribution in [0.3, 0.4) is 0 Å². The molecule has 6 bridgehead atoms. The summed E-state index contributed by atoms with van der Waals surface area (Å²) < 4.78 is 23.2. The van der Waals surface area contributed by atoms with Gasteiger partial charge in [0.05, 0.1) is 17.3 Å². The molecular formula is C31H42O8. The lowest BCUT2D eigenvalue weighted by Gasteiger charge is -2.46. The molecule has 0 radical (unpaired) electrons. The van der Waals surface area contributed by atoms with Crippen molar-refractivity contribution in [1.29, 1.82) is 0 Å². The van der Waals surface area contributed by atoms with Crippen molar-refractivity contribution < 1.29 is 38.1 Å². The minimum atomic E-state index is -0.715. The summed E-state index contributed by atoms with van der Waals surface area (Å²) in [6.45, 7) is 7.06. The van der Waals surface area contributed by atoms with Crippen molar-refractivity contribution >= 4 is 23.9 Å². The van der Waals surface area contributed by atoms with Crippen LogP contribution in [0, 0.1) is 64.6 Å². The van der Waals surface area contributed by atoms with E-state index in [2.05, 4.69) is 6.92 Å². The Balaban J connectivity index is 1.05. The number of hydrogen-bond acceptors (Lipinski definition) is 8. The van der Waals surface area contributed by atoms with Crippen molar-refractivity contribution in [1.82, 2.24) is 0 Å². The first kappa shape index (κ1) is 25.8. The number of carbonyl (C=O) groups excluding carboxylic acids is 4. The molecule has 0 spiro atoms. The van der Waals surface area contributed by atoms with Crippen LogP contribution < -0.4 is 0 Å². The SMILES string of the molecule is CCC(C)(C)C(=O)OCC(=O)OC1C2CC3C1OC(=O)C3C2C(=O)OC1(CC)CC2CC1C1C2C2CC[C@H]1C2. The van der Waals surface area contributed by atoms with E-state index in [0.29, 0.717) is 30.6 Å². The Morgan fingerprint density at radius 3 is 2.46 bits per heavy atom. The number of hydrogen-bond donors (Lipinski definition) is 0. The van der Waals surface area contributed by atoms with Gasteiger partial charge in [-0.25, -0.2) is 4.79 Å². The maximum absolute atomic E-state index is 14.0. The lowest BCUT2D eigenvalue weighted by molar-refractivity contribution is -0.186. The summed E-state index contributed by atoms with van der Waals surface area (Å²) in [6.07, 6.45) is 6.90. The number of esters is 4. The third-order valence-electron chi connectivity index (χ3n) is 12.6. The standard InChI is InChI=1S/C31H42O8/c1-5-30(3,4)29(35)36-13-20(32)37-25-18-11-17-23(27(33)38-26(17)25)24(18)28(34)39-31(6-2)12-16-10-19(31)22-15-8-7-14(9-15)21(16)22/h14-19,21-26H,5-13H2,1-4H3/t14?,15-,16?,17?,18?,19?,21?,22?,23?,24?,25?,26?,31?/m0/s1. The Morgan fingerprint density at radius 2 is 1.74 bits per heavy atom. The van der Waals surface area contributed by atoms with E-state index in [4.69, 9.17) is 18.9 Å². The molecule has 7 rings (SSSR count). The zero-order valence-corrected chi connectivity index (χ0v) is 23.6. The van der Waals surface area contributed by atoms with Gasteiger partial charge >= 0.3 is 23.9 Å². The van der Waals surface area contributed by atoms with Gasteiger partial charge in [-0.2, -0.15) is 0 Å². The quantitative estimate of drug-likeness (QED) is 0.257. The third kappa shape index (κ3) is 3.54. The highest BCUT2D eigenvalue weighted by molar-refractivity contribution is 5.86. The average molecular weight is 543 g/mol.